The van der Waals surface area contributed by atoms with Gasteiger partial charge in [0.1, 0.15) is 5.54 Å². The van der Waals surface area contributed by atoms with Crippen LogP contribution in [0.25, 0.3) is 0 Å². The molecule has 1 aliphatic carbocycles. The Morgan fingerprint density at radius 3 is 2.50 bits per heavy atom. The summed E-state index contributed by atoms with van der Waals surface area (Å²) in [6.07, 6.45) is 5.38. The van der Waals surface area contributed by atoms with Crippen LogP contribution in [0.4, 0.5) is 0 Å². The highest BCUT2D eigenvalue weighted by atomic mass is 16.5. The predicted molar refractivity (Wildman–Crippen MR) is 80.7 cm³/mol. The Hall–Kier alpha value is -1.85. The first kappa shape index (κ1) is 16.5. The second-order valence-electron chi connectivity index (χ2n) is 6.03. The molecule has 1 fully saturated rings. The van der Waals surface area contributed by atoms with Crippen molar-refractivity contribution in [3.05, 3.63) is 17.5 Å². The van der Waals surface area contributed by atoms with E-state index in [1.807, 2.05) is 0 Å². The van der Waals surface area contributed by atoms with E-state index >= 15 is 0 Å². The summed E-state index contributed by atoms with van der Waals surface area (Å²) in [5, 5.41) is 16.1. The second kappa shape index (κ2) is 6.94. The van der Waals surface area contributed by atoms with Crippen LogP contribution >= 0.6 is 0 Å². The van der Waals surface area contributed by atoms with E-state index in [9.17, 15) is 14.7 Å². The van der Waals surface area contributed by atoms with Gasteiger partial charge < -0.3 is 14.9 Å². The van der Waals surface area contributed by atoms with Crippen molar-refractivity contribution in [2.45, 2.75) is 70.3 Å². The monoisotopic (exact) mass is 308 g/mol. The third-order valence-corrected chi connectivity index (χ3v) is 4.63. The minimum absolute atomic E-state index is 0.0908. The van der Waals surface area contributed by atoms with Crippen LogP contribution < -0.4 is 5.32 Å². The molecular weight excluding hydrogens is 284 g/mol. The van der Waals surface area contributed by atoms with Crippen molar-refractivity contribution >= 4 is 11.9 Å². The van der Waals surface area contributed by atoms with Crippen LogP contribution in [0.3, 0.4) is 0 Å². The molecule has 0 saturated heterocycles. The largest absolute Gasteiger partial charge is 0.480 e. The van der Waals surface area contributed by atoms with Crippen LogP contribution in [0.15, 0.2) is 10.6 Å². The lowest BCUT2D eigenvalue weighted by Gasteiger charge is -2.33. The number of aromatic nitrogens is 1. The molecule has 6 heteroatoms. The number of carbonyl (C=O) groups excluding carboxylic acids is 1. The molecule has 122 valence electrons. The first-order valence-electron chi connectivity index (χ1n) is 8.05. The molecule has 0 unspecified atom stereocenters. The Morgan fingerprint density at radius 2 is 1.95 bits per heavy atom. The highest BCUT2D eigenvalue weighted by Crippen LogP contribution is 2.29. The van der Waals surface area contributed by atoms with Crippen LogP contribution in [-0.2, 0) is 4.79 Å². The van der Waals surface area contributed by atoms with Crippen molar-refractivity contribution in [1.82, 2.24) is 10.5 Å². The van der Waals surface area contributed by atoms with Gasteiger partial charge in [0.2, 0.25) is 5.76 Å². The van der Waals surface area contributed by atoms with E-state index < -0.39 is 17.4 Å². The Bertz CT molecular complexity index is 528. The number of hydrogen-bond acceptors (Lipinski definition) is 4. The summed E-state index contributed by atoms with van der Waals surface area (Å²) in [4.78, 5) is 23.9. The van der Waals surface area contributed by atoms with Crippen LogP contribution in [0, 0.1) is 0 Å². The van der Waals surface area contributed by atoms with Gasteiger partial charge in [-0.05, 0) is 25.7 Å². The molecular formula is C16H24N2O4. The molecule has 6 nitrogen and oxygen atoms in total. The summed E-state index contributed by atoms with van der Waals surface area (Å²) in [5.74, 6) is -1.11. The first-order chi connectivity index (χ1) is 10.5. The molecule has 1 aliphatic rings. The molecule has 0 radical (unpaired) electrons. The van der Waals surface area contributed by atoms with E-state index in [-0.39, 0.29) is 11.7 Å². The maximum Gasteiger partial charge on any atom is 0.329 e. The van der Waals surface area contributed by atoms with Crippen molar-refractivity contribution in [3.63, 3.8) is 0 Å². The molecule has 2 N–H and O–H groups in total. The van der Waals surface area contributed by atoms with Gasteiger partial charge in [-0.25, -0.2) is 4.79 Å². The summed E-state index contributed by atoms with van der Waals surface area (Å²) in [6, 6.07) is 1.63. The maximum absolute atomic E-state index is 12.3. The lowest BCUT2D eigenvalue weighted by molar-refractivity contribution is -0.145. The number of amides is 1. The first-order valence-corrected chi connectivity index (χ1v) is 8.05. The fourth-order valence-corrected chi connectivity index (χ4v) is 3.12. The summed E-state index contributed by atoms with van der Waals surface area (Å²) < 4.78 is 5.12. The van der Waals surface area contributed by atoms with Gasteiger partial charge >= 0.3 is 5.97 Å². The zero-order chi connectivity index (χ0) is 16.2. The van der Waals surface area contributed by atoms with Crippen LogP contribution in [0.2, 0.25) is 0 Å². The average molecular weight is 308 g/mol. The van der Waals surface area contributed by atoms with Gasteiger partial charge in [-0.3, -0.25) is 4.79 Å². The quantitative estimate of drug-likeness (QED) is 0.842. The Balaban J connectivity index is 2.12. The number of aliphatic carboxylic acids is 1. The fraction of sp³-hybridized carbons (Fsp3) is 0.688. The van der Waals surface area contributed by atoms with E-state index in [0.29, 0.717) is 12.8 Å². The van der Waals surface area contributed by atoms with E-state index in [4.69, 9.17) is 4.52 Å². The zero-order valence-corrected chi connectivity index (χ0v) is 13.2. The summed E-state index contributed by atoms with van der Waals surface area (Å²) >= 11 is 0. The molecule has 0 aliphatic heterocycles. The standard InChI is InChI=1S/C16H24N2O4/c1-3-11(4-2)12-10-13(22-18-12)14(19)17-16(15(20)21)8-6-5-7-9-16/h10-11H,3-9H2,1-2H3,(H,17,19)(H,20,21). The molecule has 1 amide bonds. The van der Waals surface area contributed by atoms with Crippen LogP contribution in [-0.4, -0.2) is 27.7 Å². The summed E-state index contributed by atoms with van der Waals surface area (Å²) in [7, 11) is 0. The third-order valence-electron chi connectivity index (χ3n) is 4.63. The molecule has 0 atom stereocenters. The molecule has 1 saturated carbocycles. The van der Waals surface area contributed by atoms with Gasteiger partial charge in [-0.2, -0.15) is 0 Å². The number of nitrogens with one attached hydrogen (secondary N) is 1. The smallest absolute Gasteiger partial charge is 0.329 e. The fourth-order valence-electron chi connectivity index (χ4n) is 3.12. The Morgan fingerprint density at radius 1 is 1.32 bits per heavy atom. The highest BCUT2D eigenvalue weighted by Gasteiger charge is 2.41. The number of rotatable bonds is 6. The number of carboxylic acids is 1. The van der Waals surface area contributed by atoms with Crippen molar-refractivity contribution in [3.8, 4) is 0 Å². The number of carboxylic acid groups (broad SMARTS) is 1. The lowest BCUT2D eigenvalue weighted by atomic mass is 9.81. The molecule has 1 aromatic rings. The van der Waals surface area contributed by atoms with Crippen molar-refractivity contribution in [2.24, 2.45) is 0 Å². The number of nitrogens with zero attached hydrogens (tertiary/aromatic N) is 1. The van der Waals surface area contributed by atoms with E-state index in [1.165, 1.54) is 0 Å². The van der Waals surface area contributed by atoms with Crippen molar-refractivity contribution in [1.29, 1.82) is 0 Å². The van der Waals surface area contributed by atoms with Gasteiger partial charge in [0, 0.05) is 12.0 Å². The minimum atomic E-state index is -1.17. The van der Waals surface area contributed by atoms with Gasteiger partial charge in [0.15, 0.2) is 0 Å². The van der Waals surface area contributed by atoms with E-state index in [2.05, 4.69) is 24.3 Å². The van der Waals surface area contributed by atoms with Gasteiger partial charge in [0.25, 0.3) is 5.91 Å². The third kappa shape index (κ3) is 3.31. The Labute approximate surface area is 130 Å². The lowest BCUT2D eigenvalue weighted by Crippen LogP contribution is -2.55. The SMILES string of the molecule is CCC(CC)c1cc(C(=O)NC2(C(=O)O)CCCCC2)on1. The van der Waals surface area contributed by atoms with E-state index in [1.54, 1.807) is 6.07 Å². The van der Waals surface area contributed by atoms with E-state index in [0.717, 1.165) is 37.8 Å². The molecule has 1 aromatic heterocycles. The number of carbonyl (C=O) groups is 2. The normalized spacial score (nSPS) is 17.4. The predicted octanol–water partition coefficient (Wildman–Crippen LogP) is 3.10. The highest BCUT2D eigenvalue weighted by molar-refractivity contribution is 5.95. The second-order valence-corrected chi connectivity index (χ2v) is 6.03. The van der Waals surface area contributed by atoms with Crippen molar-refractivity contribution < 1.29 is 19.2 Å². The summed E-state index contributed by atoms with van der Waals surface area (Å²) in [5.41, 5.74) is -0.417. The van der Waals surface area contributed by atoms with Gasteiger partial charge in [-0.1, -0.05) is 38.3 Å². The van der Waals surface area contributed by atoms with Gasteiger partial charge in [-0.15, -0.1) is 0 Å². The average Bonchev–Trinajstić information content (AvgIpc) is 2.99. The molecule has 0 spiro atoms. The van der Waals surface area contributed by atoms with Gasteiger partial charge in [0.05, 0.1) is 5.69 Å². The minimum Gasteiger partial charge on any atom is -0.480 e. The Kier molecular flexibility index (Phi) is 5.21. The van der Waals surface area contributed by atoms with Crippen LogP contribution in [0.5, 0.6) is 0 Å². The topological polar surface area (TPSA) is 92.4 Å². The van der Waals surface area contributed by atoms with Crippen LogP contribution in [0.1, 0.15) is 81.0 Å². The summed E-state index contributed by atoms with van der Waals surface area (Å²) in [6.45, 7) is 4.12. The molecule has 1 heterocycles. The molecule has 0 aromatic carbocycles. The number of hydrogen-bond donors (Lipinski definition) is 2. The maximum atomic E-state index is 12.3. The zero-order valence-electron chi connectivity index (χ0n) is 13.2. The molecule has 22 heavy (non-hydrogen) atoms. The van der Waals surface area contributed by atoms with Crippen molar-refractivity contribution in [2.75, 3.05) is 0 Å². The molecule has 0 bridgehead atoms. The molecule has 2 rings (SSSR count).